The fourth-order valence-electron chi connectivity index (χ4n) is 3.14. The van der Waals surface area contributed by atoms with Crippen molar-refractivity contribution < 1.29 is 4.79 Å². The number of nitriles is 1. The summed E-state index contributed by atoms with van der Waals surface area (Å²) >= 11 is 8.17. The van der Waals surface area contributed by atoms with Crippen LogP contribution in [-0.4, -0.2) is 53.5 Å². The normalized spacial score (nSPS) is 21.8. The van der Waals surface area contributed by atoms with Crippen molar-refractivity contribution >= 4 is 35.1 Å². The fraction of sp³-hybridized carbons (Fsp3) is 0.562. The van der Waals surface area contributed by atoms with E-state index >= 15 is 0 Å². The molecule has 7 heteroatoms. The van der Waals surface area contributed by atoms with E-state index < -0.39 is 0 Å². The summed E-state index contributed by atoms with van der Waals surface area (Å²) in [6, 6.07) is 3.68. The van der Waals surface area contributed by atoms with Gasteiger partial charge in [0.25, 0.3) is 0 Å². The smallest absolute Gasteiger partial charge is 0.227 e. The Balaban J connectivity index is 1.70. The molecule has 0 spiro atoms. The third kappa shape index (κ3) is 3.73. The van der Waals surface area contributed by atoms with Crippen LogP contribution in [0.25, 0.3) is 0 Å². The van der Waals surface area contributed by atoms with Gasteiger partial charge in [0, 0.05) is 43.9 Å². The van der Waals surface area contributed by atoms with Gasteiger partial charge in [0.05, 0.1) is 16.5 Å². The number of halogens is 1. The highest BCUT2D eigenvalue weighted by Crippen LogP contribution is 2.29. The maximum Gasteiger partial charge on any atom is 0.227 e. The second-order valence-electron chi connectivity index (χ2n) is 5.86. The van der Waals surface area contributed by atoms with Crippen LogP contribution in [-0.2, 0) is 4.79 Å². The summed E-state index contributed by atoms with van der Waals surface area (Å²) < 4.78 is 0. The molecule has 2 aliphatic heterocycles. The molecule has 2 saturated heterocycles. The number of piperidine rings is 1. The monoisotopic (exact) mass is 350 g/mol. The summed E-state index contributed by atoms with van der Waals surface area (Å²) in [4.78, 5) is 21.1. The lowest BCUT2D eigenvalue weighted by Gasteiger charge is -2.36. The molecule has 3 heterocycles. The molecule has 1 amide bonds. The Morgan fingerprint density at radius 3 is 2.87 bits per heavy atom. The number of hydrogen-bond donors (Lipinski definition) is 0. The summed E-state index contributed by atoms with van der Waals surface area (Å²) in [5.41, 5.74) is 0.453. The fourth-order valence-corrected chi connectivity index (χ4v) is 4.33. The highest BCUT2D eigenvalue weighted by atomic mass is 35.5. The molecule has 0 bridgehead atoms. The van der Waals surface area contributed by atoms with Gasteiger partial charge >= 0.3 is 0 Å². The van der Waals surface area contributed by atoms with Crippen LogP contribution in [0.4, 0.5) is 5.82 Å². The van der Waals surface area contributed by atoms with Crippen molar-refractivity contribution in [3.05, 3.63) is 22.8 Å². The van der Waals surface area contributed by atoms with Crippen molar-refractivity contribution in [3.63, 3.8) is 0 Å². The zero-order valence-electron chi connectivity index (χ0n) is 12.9. The molecule has 0 aliphatic carbocycles. The van der Waals surface area contributed by atoms with Crippen LogP contribution in [0.1, 0.15) is 18.4 Å². The minimum Gasteiger partial charge on any atom is -0.355 e. The van der Waals surface area contributed by atoms with Crippen LogP contribution >= 0.6 is 23.4 Å². The zero-order valence-corrected chi connectivity index (χ0v) is 14.4. The lowest BCUT2D eigenvalue weighted by molar-refractivity contribution is -0.135. The molecule has 5 nitrogen and oxygen atoms in total. The molecule has 3 rings (SSSR count). The van der Waals surface area contributed by atoms with E-state index in [2.05, 4.69) is 9.88 Å². The van der Waals surface area contributed by atoms with Crippen molar-refractivity contribution in [2.24, 2.45) is 5.92 Å². The standard InChI is InChI=1S/C16H19ClN4OS/c17-14-8-12(9-18)10-19-15(14)21-3-1-2-13(11-21)16(22)20-4-6-23-7-5-20/h8,10,13H,1-7,11H2. The minimum absolute atomic E-state index is 0.0142. The van der Waals surface area contributed by atoms with Crippen LogP contribution in [0.15, 0.2) is 12.3 Å². The first-order chi connectivity index (χ1) is 11.2. The van der Waals surface area contributed by atoms with Gasteiger partial charge in [-0.15, -0.1) is 0 Å². The van der Waals surface area contributed by atoms with Gasteiger partial charge < -0.3 is 9.80 Å². The first-order valence-corrected chi connectivity index (χ1v) is 9.39. The first-order valence-electron chi connectivity index (χ1n) is 7.86. The molecule has 122 valence electrons. The summed E-state index contributed by atoms with van der Waals surface area (Å²) in [6.07, 6.45) is 3.42. The predicted molar refractivity (Wildman–Crippen MR) is 92.8 cm³/mol. The molecule has 1 aromatic rings. The molecule has 1 unspecified atom stereocenters. The number of carbonyl (C=O) groups is 1. The number of pyridine rings is 1. The van der Waals surface area contributed by atoms with Gasteiger partial charge in [0.2, 0.25) is 5.91 Å². The van der Waals surface area contributed by atoms with E-state index in [0.29, 0.717) is 22.9 Å². The van der Waals surface area contributed by atoms with E-state index in [-0.39, 0.29) is 11.8 Å². The van der Waals surface area contributed by atoms with E-state index in [1.54, 1.807) is 6.07 Å². The van der Waals surface area contributed by atoms with E-state index in [0.717, 1.165) is 44.0 Å². The Hall–Kier alpha value is -1.45. The number of amides is 1. The minimum atomic E-state index is 0.0142. The number of thioether (sulfide) groups is 1. The average Bonchev–Trinajstić information content (AvgIpc) is 2.61. The maximum absolute atomic E-state index is 12.7. The molecule has 0 aromatic carbocycles. The number of aromatic nitrogens is 1. The van der Waals surface area contributed by atoms with Gasteiger partial charge in [-0.25, -0.2) is 4.98 Å². The molecule has 1 aromatic heterocycles. The topological polar surface area (TPSA) is 60.2 Å². The molecular formula is C16H19ClN4OS. The van der Waals surface area contributed by atoms with Crippen molar-refractivity contribution in [1.29, 1.82) is 5.26 Å². The van der Waals surface area contributed by atoms with E-state index in [9.17, 15) is 4.79 Å². The van der Waals surface area contributed by atoms with Gasteiger partial charge in [-0.1, -0.05) is 11.6 Å². The molecule has 0 N–H and O–H groups in total. The SMILES string of the molecule is N#Cc1cnc(N2CCCC(C(=O)N3CCSCC3)C2)c(Cl)c1. The molecular weight excluding hydrogens is 332 g/mol. The largest absolute Gasteiger partial charge is 0.355 e. The van der Waals surface area contributed by atoms with Crippen molar-refractivity contribution in [3.8, 4) is 6.07 Å². The van der Waals surface area contributed by atoms with Crippen molar-refractivity contribution in [2.75, 3.05) is 42.6 Å². The number of anilines is 1. The molecule has 0 saturated carbocycles. The third-order valence-electron chi connectivity index (χ3n) is 4.34. The summed E-state index contributed by atoms with van der Waals surface area (Å²) in [5, 5.41) is 9.39. The lowest BCUT2D eigenvalue weighted by atomic mass is 9.96. The second-order valence-corrected chi connectivity index (χ2v) is 7.50. The second kappa shape index (κ2) is 7.41. The zero-order chi connectivity index (χ0) is 16.2. The number of rotatable bonds is 2. The Bertz CT molecular complexity index is 627. The van der Waals surface area contributed by atoms with Crippen LogP contribution in [0.5, 0.6) is 0 Å². The highest BCUT2D eigenvalue weighted by Gasteiger charge is 2.31. The van der Waals surface area contributed by atoms with Crippen molar-refractivity contribution in [1.82, 2.24) is 9.88 Å². The van der Waals surface area contributed by atoms with E-state index in [4.69, 9.17) is 16.9 Å². The quantitative estimate of drug-likeness (QED) is 0.819. The van der Waals surface area contributed by atoms with Crippen LogP contribution in [0.3, 0.4) is 0 Å². The summed E-state index contributed by atoms with van der Waals surface area (Å²) in [5.74, 6) is 3.02. The van der Waals surface area contributed by atoms with Crippen LogP contribution in [0.2, 0.25) is 5.02 Å². The molecule has 2 aliphatic rings. The number of hydrogen-bond acceptors (Lipinski definition) is 5. The molecule has 1 atom stereocenters. The highest BCUT2D eigenvalue weighted by molar-refractivity contribution is 7.99. The van der Waals surface area contributed by atoms with Gasteiger partial charge in [0.15, 0.2) is 0 Å². The number of nitrogens with zero attached hydrogens (tertiary/aromatic N) is 4. The Morgan fingerprint density at radius 2 is 2.17 bits per heavy atom. The summed E-state index contributed by atoms with van der Waals surface area (Å²) in [6.45, 7) is 3.21. The van der Waals surface area contributed by atoms with Gasteiger partial charge in [0.1, 0.15) is 11.9 Å². The van der Waals surface area contributed by atoms with Crippen molar-refractivity contribution in [2.45, 2.75) is 12.8 Å². The van der Waals surface area contributed by atoms with Crippen LogP contribution in [0, 0.1) is 17.2 Å². The molecule has 23 heavy (non-hydrogen) atoms. The Morgan fingerprint density at radius 1 is 1.39 bits per heavy atom. The maximum atomic E-state index is 12.7. The first kappa shape index (κ1) is 16.4. The molecule has 0 radical (unpaired) electrons. The lowest BCUT2D eigenvalue weighted by Crippen LogP contribution is -2.47. The van der Waals surface area contributed by atoms with Gasteiger partial charge in [-0.3, -0.25) is 4.79 Å². The molecule has 2 fully saturated rings. The average molecular weight is 351 g/mol. The summed E-state index contributed by atoms with van der Waals surface area (Å²) in [7, 11) is 0. The van der Waals surface area contributed by atoms with Crippen LogP contribution < -0.4 is 4.90 Å². The predicted octanol–water partition coefficient (Wildman–Crippen LogP) is 2.40. The Labute approximate surface area is 145 Å². The van der Waals surface area contributed by atoms with E-state index in [1.165, 1.54) is 6.20 Å². The number of carbonyl (C=O) groups excluding carboxylic acids is 1. The van der Waals surface area contributed by atoms with Gasteiger partial charge in [-0.2, -0.15) is 17.0 Å². The van der Waals surface area contributed by atoms with E-state index in [1.807, 2.05) is 22.7 Å². The Kier molecular flexibility index (Phi) is 5.29. The van der Waals surface area contributed by atoms with Gasteiger partial charge in [-0.05, 0) is 18.9 Å². The third-order valence-corrected chi connectivity index (χ3v) is 5.56.